The number of anilines is 4. The summed E-state index contributed by atoms with van der Waals surface area (Å²) in [6, 6.07) is 24.1. The van der Waals surface area contributed by atoms with E-state index < -0.39 is 11.9 Å². The molecule has 6 N–H and O–H groups in total. The summed E-state index contributed by atoms with van der Waals surface area (Å²) in [5, 5.41) is 29.3. The second-order valence-corrected chi connectivity index (χ2v) is 8.56. The maximum absolute atomic E-state index is 11.0. The Hall–Kier alpha value is -3.56. The van der Waals surface area contributed by atoms with Gasteiger partial charge in [-0.2, -0.15) is 0 Å². The largest absolute Gasteiger partial charge is 2.00 e. The number of hydrogen-bond donors (Lipinski definition) is 2. The molecule has 0 aliphatic heterocycles. The van der Waals surface area contributed by atoms with Crippen molar-refractivity contribution in [2.75, 3.05) is 10.6 Å². The maximum atomic E-state index is 11.0. The van der Waals surface area contributed by atoms with Crippen LogP contribution in [0.25, 0.3) is 0 Å². The summed E-state index contributed by atoms with van der Waals surface area (Å²) in [5.74, 6) is -2.42. The molecule has 0 spiro atoms. The molecule has 0 fully saturated rings. The van der Waals surface area contributed by atoms with Crippen LogP contribution in [0.4, 0.5) is 22.7 Å². The zero-order valence-electron chi connectivity index (χ0n) is 20.8. The van der Waals surface area contributed by atoms with E-state index in [1.165, 1.54) is 12.1 Å². The first-order chi connectivity index (χ1) is 17.2. The van der Waals surface area contributed by atoms with Crippen molar-refractivity contribution in [2.45, 2.75) is 13.8 Å². The molecule has 209 valence electrons. The Morgan fingerprint density at radius 1 is 0.564 bits per heavy atom. The Morgan fingerprint density at radius 3 is 1.21 bits per heavy atom. The number of hydrogen-bond acceptors (Lipinski definition) is 6. The van der Waals surface area contributed by atoms with Crippen molar-refractivity contribution in [2.24, 2.45) is 0 Å². The predicted molar refractivity (Wildman–Crippen MR) is 148 cm³/mol. The van der Waals surface area contributed by atoms with Crippen molar-refractivity contribution in [1.29, 1.82) is 0 Å². The molecule has 0 bridgehead atoms. The van der Waals surface area contributed by atoms with E-state index in [1.807, 2.05) is 26.0 Å². The molecule has 39 heavy (non-hydrogen) atoms. The first-order valence-electron chi connectivity index (χ1n) is 10.8. The molecule has 0 aliphatic rings. The molecular formula is C28H26Cl2CuN2O6. The summed E-state index contributed by atoms with van der Waals surface area (Å²) in [6.07, 6.45) is 0. The number of para-hydroxylation sites is 2. The van der Waals surface area contributed by atoms with Crippen molar-refractivity contribution in [1.82, 2.24) is 0 Å². The van der Waals surface area contributed by atoms with Crippen molar-refractivity contribution in [3.05, 3.63) is 117 Å². The second-order valence-electron chi connectivity index (χ2n) is 7.74. The van der Waals surface area contributed by atoms with E-state index in [0.717, 1.165) is 22.5 Å². The van der Waals surface area contributed by atoms with Gasteiger partial charge in [0.05, 0.1) is 11.9 Å². The van der Waals surface area contributed by atoms with E-state index in [4.69, 9.17) is 23.2 Å². The van der Waals surface area contributed by atoms with Gasteiger partial charge in [0.25, 0.3) is 0 Å². The van der Waals surface area contributed by atoms with Crippen molar-refractivity contribution in [3.8, 4) is 0 Å². The predicted octanol–water partition coefficient (Wildman–Crippen LogP) is 3.86. The minimum Gasteiger partial charge on any atom is -0.545 e. The number of carbonyl (C=O) groups is 2. The smallest absolute Gasteiger partial charge is 0.545 e. The van der Waals surface area contributed by atoms with Gasteiger partial charge in [0.15, 0.2) is 0 Å². The third kappa shape index (κ3) is 9.30. The van der Waals surface area contributed by atoms with Gasteiger partial charge in [-0.3, -0.25) is 0 Å². The van der Waals surface area contributed by atoms with E-state index in [2.05, 4.69) is 10.6 Å². The van der Waals surface area contributed by atoms with E-state index >= 15 is 0 Å². The summed E-state index contributed by atoms with van der Waals surface area (Å²) in [6.45, 7) is 3.73. The number of carboxylic acids is 2. The third-order valence-electron chi connectivity index (χ3n) is 5.37. The summed E-state index contributed by atoms with van der Waals surface area (Å²) in [7, 11) is 0. The van der Waals surface area contributed by atoms with Crippen LogP contribution in [-0.2, 0) is 17.1 Å². The molecule has 0 unspecified atom stereocenters. The first-order valence-corrected chi connectivity index (χ1v) is 11.6. The second kappa shape index (κ2) is 16.4. The third-order valence-corrected chi connectivity index (χ3v) is 6.19. The van der Waals surface area contributed by atoms with Crippen LogP contribution in [0.1, 0.15) is 31.8 Å². The quantitative estimate of drug-likeness (QED) is 0.310. The fraction of sp³-hybridized carbons (Fsp3) is 0.0714. The average molecular weight is 621 g/mol. The van der Waals surface area contributed by atoms with Gasteiger partial charge in [-0.25, -0.2) is 0 Å². The van der Waals surface area contributed by atoms with Crippen LogP contribution in [0.2, 0.25) is 10.0 Å². The number of aromatic carboxylic acids is 2. The van der Waals surface area contributed by atoms with Gasteiger partial charge in [0, 0.05) is 43.9 Å². The van der Waals surface area contributed by atoms with Gasteiger partial charge >= 0.3 is 17.1 Å². The molecule has 0 aromatic heterocycles. The van der Waals surface area contributed by atoms with Crippen LogP contribution < -0.4 is 20.8 Å². The zero-order chi connectivity index (χ0) is 26.2. The molecule has 4 rings (SSSR count). The van der Waals surface area contributed by atoms with Crippen LogP contribution in [0, 0.1) is 13.8 Å². The summed E-state index contributed by atoms with van der Waals surface area (Å²) >= 11 is 12.0. The summed E-state index contributed by atoms with van der Waals surface area (Å²) < 4.78 is 0. The number of rotatable bonds is 6. The number of carbonyl (C=O) groups excluding carboxylic acids is 2. The average Bonchev–Trinajstić information content (AvgIpc) is 2.86. The van der Waals surface area contributed by atoms with Gasteiger partial charge in [-0.1, -0.05) is 71.7 Å². The van der Waals surface area contributed by atoms with Gasteiger partial charge in [-0.05, 0) is 61.4 Å². The van der Waals surface area contributed by atoms with Crippen LogP contribution in [0.3, 0.4) is 0 Å². The molecule has 1 radical (unpaired) electrons. The fourth-order valence-corrected chi connectivity index (χ4v) is 3.67. The molecule has 4 aromatic rings. The SMILES string of the molecule is Cc1c(Cl)cccc1Nc1ccccc1C(=O)[O-].Cc1c(Cl)cccc1Nc1ccccc1C(=O)[O-].O.O.[Cu+2]. The molecule has 0 amide bonds. The normalized spacial score (nSPS) is 9.33. The molecule has 4 aromatic carbocycles. The fourth-order valence-electron chi connectivity index (χ4n) is 3.32. The Kier molecular flexibility index (Phi) is 14.9. The van der Waals surface area contributed by atoms with Crippen molar-refractivity contribution >= 4 is 57.9 Å². The zero-order valence-corrected chi connectivity index (χ0v) is 23.2. The number of benzene rings is 4. The molecule has 11 heteroatoms. The number of halogens is 2. The Bertz CT molecular complexity index is 1310. The number of carboxylic acid groups (broad SMARTS) is 2. The van der Waals surface area contributed by atoms with Gasteiger partial charge in [0.1, 0.15) is 0 Å². The Morgan fingerprint density at radius 2 is 0.872 bits per heavy atom. The molecule has 8 nitrogen and oxygen atoms in total. The van der Waals surface area contributed by atoms with Crippen LogP contribution in [0.5, 0.6) is 0 Å². The van der Waals surface area contributed by atoms with Crippen LogP contribution in [0.15, 0.2) is 84.9 Å². The molecule has 0 aliphatic carbocycles. The number of nitrogens with one attached hydrogen (secondary N) is 2. The minimum absolute atomic E-state index is 0. The van der Waals surface area contributed by atoms with Gasteiger partial charge in [0.2, 0.25) is 0 Å². The van der Waals surface area contributed by atoms with E-state index in [-0.39, 0.29) is 39.1 Å². The van der Waals surface area contributed by atoms with E-state index in [1.54, 1.807) is 60.7 Å². The van der Waals surface area contributed by atoms with E-state index in [9.17, 15) is 19.8 Å². The van der Waals surface area contributed by atoms with Crippen molar-refractivity contribution in [3.63, 3.8) is 0 Å². The van der Waals surface area contributed by atoms with Crippen LogP contribution in [-0.4, -0.2) is 22.9 Å². The van der Waals surface area contributed by atoms with Gasteiger partial charge in [-0.15, -0.1) is 0 Å². The first kappa shape index (κ1) is 35.4. The molecule has 0 saturated carbocycles. The summed E-state index contributed by atoms with van der Waals surface area (Å²) in [4.78, 5) is 22.0. The monoisotopic (exact) mass is 619 g/mol. The maximum Gasteiger partial charge on any atom is 2.00 e. The Labute approximate surface area is 246 Å². The minimum atomic E-state index is -1.21. The van der Waals surface area contributed by atoms with Crippen molar-refractivity contribution < 1.29 is 47.8 Å². The van der Waals surface area contributed by atoms with Gasteiger partial charge < -0.3 is 41.4 Å². The van der Waals surface area contributed by atoms with Crippen LogP contribution >= 0.6 is 23.2 Å². The van der Waals surface area contributed by atoms with E-state index in [0.29, 0.717) is 21.4 Å². The standard InChI is InChI=1S/2C14H12ClNO2.Cu.2H2O/c2*1-9-11(15)6-4-8-12(9)16-13-7-3-2-5-10(13)14(17)18;;;/h2*2-8,16H,1H3,(H,17,18);;2*1H2/q;;+2;;/p-2. The topological polar surface area (TPSA) is 167 Å². The molecule has 0 heterocycles. The molecule has 0 atom stereocenters. The molecule has 0 saturated heterocycles. The Balaban J connectivity index is 0.000000688. The molecular weight excluding hydrogens is 595 g/mol. The summed E-state index contributed by atoms with van der Waals surface area (Å²) in [5.41, 5.74) is 4.51.